The number of rotatable bonds is 1. The number of carbonyl (C=O) groups is 1. The van der Waals surface area contributed by atoms with Crippen molar-refractivity contribution in [3.05, 3.63) is 33.8 Å². The van der Waals surface area contributed by atoms with E-state index < -0.39 is 0 Å². The van der Waals surface area contributed by atoms with Crippen molar-refractivity contribution in [3.63, 3.8) is 0 Å². The van der Waals surface area contributed by atoms with Gasteiger partial charge in [0.15, 0.2) is 0 Å². The Morgan fingerprint density at radius 1 is 1.35 bits per heavy atom. The van der Waals surface area contributed by atoms with Gasteiger partial charge in [-0.05, 0) is 51.2 Å². The summed E-state index contributed by atoms with van der Waals surface area (Å²) in [5.74, 6) is 0.0607. The Labute approximate surface area is 110 Å². The number of hydrogen-bond acceptors (Lipinski definition) is 2. The molecule has 0 aliphatic carbocycles. The third-order valence-corrected chi connectivity index (χ3v) is 3.68. The van der Waals surface area contributed by atoms with E-state index in [4.69, 9.17) is 0 Å². The van der Waals surface area contributed by atoms with Gasteiger partial charge in [-0.25, -0.2) is 0 Å². The quantitative estimate of drug-likeness (QED) is 0.863. The highest BCUT2D eigenvalue weighted by molar-refractivity contribution is 9.10. The molecule has 0 spiro atoms. The van der Waals surface area contributed by atoms with E-state index in [-0.39, 0.29) is 17.5 Å². The largest absolute Gasteiger partial charge is 0.345 e. The zero-order valence-corrected chi connectivity index (χ0v) is 12.1. The van der Waals surface area contributed by atoms with E-state index in [1.165, 1.54) is 5.56 Å². The lowest BCUT2D eigenvalue weighted by Gasteiger charge is -2.39. The first-order chi connectivity index (χ1) is 7.83. The van der Waals surface area contributed by atoms with Crippen molar-refractivity contribution in [1.82, 2.24) is 10.2 Å². The Bertz CT molecular complexity index is 468. The fourth-order valence-corrected chi connectivity index (χ4v) is 2.81. The van der Waals surface area contributed by atoms with E-state index >= 15 is 0 Å². The summed E-state index contributed by atoms with van der Waals surface area (Å²) in [6, 6.07) is 5.93. The molecule has 0 fully saturated rings. The first-order valence-electron chi connectivity index (χ1n) is 5.61. The topological polar surface area (TPSA) is 32.3 Å². The SMILES string of the molecule is CN(C)C1C(=O)NC(C)(C)c2ccc(Br)cc21. The van der Waals surface area contributed by atoms with E-state index in [1.54, 1.807) is 0 Å². The Balaban J connectivity index is 2.63. The highest BCUT2D eigenvalue weighted by Gasteiger charge is 2.38. The van der Waals surface area contributed by atoms with Gasteiger partial charge in [0.1, 0.15) is 6.04 Å². The van der Waals surface area contributed by atoms with E-state index in [1.807, 2.05) is 45.0 Å². The molecular formula is C13H17BrN2O. The highest BCUT2D eigenvalue weighted by Crippen LogP contribution is 2.36. The number of nitrogens with zero attached hydrogens (tertiary/aromatic N) is 1. The molecule has 1 aromatic rings. The Kier molecular flexibility index (Phi) is 3.04. The number of fused-ring (bicyclic) bond motifs is 1. The molecule has 0 bridgehead atoms. The summed E-state index contributed by atoms with van der Waals surface area (Å²) in [6.45, 7) is 4.06. The summed E-state index contributed by atoms with van der Waals surface area (Å²) in [6.07, 6.45) is 0. The molecule has 4 heteroatoms. The van der Waals surface area contributed by atoms with Gasteiger partial charge in [-0.1, -0.05) is 22.0 Å². The molecular weight excluding hydrogens is 280 g/mol. The van der Waals surface area contributed by atoms with Crippen LogP contribution in [0.1, 0.15) is 31.0 Å². The van der Waals surface area contributed by atoms with Crippen LogP contribution in [0.4, 0.5) is 0 Å². The summed E-state index contributed by atoms with van der Waals surface area (Å²) in [5, 5.41) is 3.07. The van der Waals surface area contributed by atoms with E-state index in [0.717, 1.165) is 10.0 Å². The van der Waals surface area contributed by atoms with Crippen LogP contribution in [0.25, 0.3) is 0 Å². The van der Waals surface area contributed by atoms with E-state index in [2.05, 4.69) is 27.3 Å². The molecule has 0 saturated carbocycles. The maximum absolute atomic E-state index is 12.2. The average molecular weight is 297 g/mol. The molecule has 0 saturated heterocycles. The fourth-order valence-electron chi connectivity index (χ4n) is 2.43. The van der Waals surface area contributed by atoms with Gasteiger partial charge in [0.05, 0.1) is 5.54 Å². The minimum atomic E-state index is -0.306. The van der Waals surface area contributed by atoms with Crippen LogP contribution in [0, 0.1) is 0 Å². The van der Waals surface area contributed by atoms with Gasteiger partial charge < -0.3 is 5.32 Å². The van der Waals surface area contributed by atoms with Crippen LogP contribution in [0.3, 0.4) is 0 Å². The van der Waals surface area contributed by atoms with Crippen molar-refractivity contribution in [2.45, 2.75) is 25.4 Å². The first-order valence-corrected chi connectivity index (χ1v) is 6.40. The van der Waals surface area contributed by atoms with Gasteiger partial charge in [-0.3, -0.25) is 9.69 Å². The standard InChI is InChI=1S/C13H17BrN2O/c1-13(2)10-6-5-8(14)7-9(10)11(16(3)4)12(17)15-13/h5-7,11H,1-4H3,(H,15,17). The predicted octanol–water partition coefficient (Wildman–Crippen LogP) is 2.42. The Hall–Kier alpha value is -0.870. The van der Waals surface area contributed by atoms with Gasteiger partial charge in [0.25, 0.3) is 0 Å². The number of nitrogens with one attached hydrogen (secondary N) is 1. The van der Waals surface area contributed by atoms with Crippen molar-refractivity contribution in [3.8, 4) is 0 Å². The van der Waals surface area contributed by atoms with Crippen LogP contribution in [0.2, 0.25) is 0 Å². The van der Waals surface area contributed by atoms with Crippen LogP contribution in [0.15, 0.2) is 22.7 Å². The van der Waals surface area contributed by atoms with Crippen molar-refractivity contribution < 1.29 is 4.79 Å². The Morgan fingerprint density at radius 3 is 2.59 bits per heavy atom. The molecule has 3 nitrogen and oxygen atoms in total. The molecule has 1 aliphatic rings. The zero-order valence-electron chi connectivity index (χ0n) is 10.5. The van der Waals surface area contributed by atoms with Gasteiger partial charge in [-0.15, -0.1) is 0 Å². The molecule has 92 valence electrons. The summed E-state index contributed by atoms with van der Waals surface area (Å²) < 4.78 is 1.01. The number of likely N-dealkylation sites (N-methyl/N-ethyl adjacent to an activating group) is 1. The number of amides is 1. The third-order valence-electron chi connectivity index (χ3n) is 3.18. The lowest BCUT2D eigenvalue weighted by molar-refractivity contribution is -0.128. The van der Waals surface area contributed by atoms with Crippen molar-refractivity contribution >= 4 is 21.8 Å². The molecule has 1 unspecified atom stereocenters. The van der Waals surface area contributed by atoms with E-state index in [9.17, 15) is 4.79 Å². The minimum absolute atomic E-state index is 0.0607. The Morgan fingerprint density at radius 2 is 2.00 bits per heavy atom. The predicted molar refractivity (Wildman–Crippen MR) is 71.7 cm³/mol. The molecule has 1 amide bonds. The molecule has 2 rings (SSSR count). The van der Waals surface area contributed by atoms with Gasteiger partial charge in [0.2, 0.25) is 5.91 Å². The van der Waals surface area contributed by atoms with E-state index in [0.29, 0.717) is 0 Å². The number of hydrogen-bond donors (Lipinski definition) is 1. The molecule has 0 aromatic heterocycles. The summed E-state index contributed by atoms with van der Waals surface area (Å²) in [7, 11) is 3.85. The minimum Gasteiger partial charge on any atom is -0.345 e. The normalized spacial score (nSPS) is 22.2. The van der Waals surface area contributed by atoms with Crippen molar-refractivity contribution in [2.24, 2.45) is 0 Å². The summed E-state index contributed by atoms with van der Waals surface area (Å²) in [4.78, 5) is 14.1. The average Bonchev–Trinajstić information content (AvgIpc) is 2.14. The number of benzene rings is 1. The first kappa shape index (κ1) is 12.6. The van der Waals surface area contributed by atoms with Gasteiger partial charge >= 0.3 is 0 Å². The maximum atomic E-state index is 12.2. The monoisotopic (exact) mass is 296 g/mol. The summed E-state index contributed by atoms with van der Waals surface area (Å²) >= 11 is 3.47. The van der Waals surface area contributed by atoms with Crippen LogP contribution in [-0.2, 0) is 10.3 Å². The second-order valence-electron chi connectivity index (χ2n) is 5.21. The van der Waals surface area contributed by atoms with Crippen molar-refractivity contribution in [2.75, 3.05) is 14.1 Å². The number of carbonyl (C=O) groups excluding carboxylic acids is 1. The van der Waals surface area contributed by atoms with Crippen LogP contribution >= 0.6 is 15.9 Å². The molecule has 0 radical (unpaired) electrons. The molecule has 1 aromatic carbocycles. The second kappa shape index (κ2) is 4.10. The third kappa shape index (κ3) is 2.11. The van der Waals surface area contributed by atoms with Crippen molar-refractivity contribution in [1.29, 1.82) is 0 Å². The molecule has 1 heterocycles. The van der Waals surface area contributed by atoms with Gasteiger partial charge in [0, 0.05) is 4.47 Å². The molecule has 1 aliphatic heterocycles. The molecule has 1 atom stereocenters. The lowest BCUT2D eigenvalue weighted by atomic mass is 9.82. The molecule has 1 N–H and O–H groups in total. The van der Waals surface area contributed by atoms with Crippen LogP contribution < -0.4 is 5.32 Å². The summed E-state index contributed by atoms with van der Waals surface area (Å²) in [5.41, 5.74) is 1.96. The zero-order chi connectivity index (χ0) is 12.8. The van der Waals surface area contributed by atoms with Crippen LogP contribution in [0.5, 0.6) is 0 Å². The number of halogens is 1. The van der Waals surface area contributed by atoms with Gasteiger partial charge in [-0.2, -0.15) is 0 Å². The second-order valence-corrected chi connectivity index (χ2v) is 6.13. The highest BCUT2D eigenvalue weighted by atomic mass is 79.9. The van der Waals surface area contributed by atoms with Crippen LogP contribution in [-0.4, -0.2) is 24.9 Å². The lowest BCUT2D eigenvalue weighted by Crippen LogP contribution is -2.51. The maximum Gasteiger partial charge on any atom is 0.242 e. The fraction of sp³-hybridized carbons (Fsp3) is 0.462. The molecule has 17 heavy (non-hydrogen) atoms. The smallest absolute Gasteiger partial charge is 0.242 e.